The minimum Gasteiger partial charge on any atom is -0.481 e. The number of hydrogen-bond donors (Lipinski definition) is 3. The van der Waals surface area contributed by atoms with Crippen molar-refractivity contribution in [3.63, 3.8) is 0 Å². The van der Waals surface area contributed by atoms with Gasteiger partial charge < -0.3 is 15.2 Å². The Morgan fingerprint density at radius 2 is 1.85 bits per heavy atom. The third-order valence-corrected chi connectivity index (χ3v) is 6.01. The number of benzene rings is 3. The molecule has 4 aromatic rings. The monoisotopic (exact) mass is 456 g/mol. The summed E-state index contributed by atoms with van der Waals surface area (Å²) >= 11 is 1.41. The zero-order valence-corrected chi connectivity index (χ0v) is 18.3. The molecule has 0 saturated carbocycles. The van der Waals surface area contributed by atoms with E-state index >= 15 is 0 Å². The number of amidine groups is 1. The molecule has 1 atom stereocenters. The summed E-state index contributed by atoms with van der Waals surface area (Å²) in [5, 5.41) is 20.4. The van der Waals surface area contributed by atoms with Crippen LogP contribution in [0.25, 0.3) is 10.1 Å². The van der Waals surface area contributed by atoms with Gasteiger partial charge in [0, 0.05) is 10.1 Å². The van der Waals surface area contributed by atoms with E-state index in [1.54, 1.807) is 24.3 Å². The highest BCUT2D eigenvalue weighted by Gasteiger charge is 2.19. The molecular weight excluding hydrogens is 436 g/mol. The van der Waals surface area contributed by atoms with Crippen molar-refractivity contribution >= 4 is 39.0 Å². The fraction of sp³-hybridized carbons (Fsp3) is 0.0800. The first-order valence-electron chi connectivity index (χ1n) is 10.1. The number of nitrogens with two attached hydrogens (primary N) is 1. The van der Waals surface area contributed by atoms with Crippen LogP contribution in [-0.4, -0.2) is 18.5 Å². The molecule has 8 heteroatoms. The number of carbonyl (C=O) groups is 1. The molecule has 1 unspecified atom stereocenters. The van der Waals surface area contributed by atoms with Crippen molar-refractivity contribution in [1.82, 2.24) is 0 Å². The van der Waals surface area contributed by atoms with E-state index in [1.807, 2.05) is 60.7 Å². The zero-order chi connectivity index (χ0) is 23.2. The molecule has 0 bridgehead atoms. The van der Waals surface area contributed by atoms with Crippen molar-refractivity contribution in [3.8, 4) is 11.8 Å². The molecule has 1 amide bonds. The van der Waals surface area contributed by atoms with Gasteiger partial charge in [-0.05, 0) is 35.9 Å². The number of anilines is 1. The second-order valence-electron chi connectivity index (χ2n) is 7.09. The SMILES string of the molecule is N#Cc1ccccc1NC(=O)OCC(Oc1cccc2sc(C(=N)N)cc12)c1ccccc1. The maximum atomic E-state index is 12.4. The molecule has 3 aromatic carbocycles. The van der Waals surface area contributed by atoms with E-state index in [-0.39, 0.29) is 12.4 Å². The van der Waals surface area contributed by atoms with Crippen molar-refractivity contribution in [2.24, 2.45) is 5.73 Å². The number of rotatable bonds is 7. The summed E-state index contributed by atoms with van der Waals surface area (Å²) < 4.78 is 12.7. The number of nitriles is 1. The van der Waals surface area contributed by atoms with Crippen LogP contribution >= 0.6 is 11.3 Å². The van der Waals surface area contributed by atoms with Crippen LogP contribution in [0.2, 0.25) is 0 Å². The van der Waals surface area contributed by atoms with Crippen LogP contribution in [0.15, 0.2) is 78.9 Å². The second kappa shape index (κ2) is 9.85. The smallest absolute Gasteiger partial charge is 0.411 e. The van der Waals surface area contributed by atoms with Gasteiger partial charge in [-0.2, -0.15) is 5.26 Å². The van der Waals surface area contributed by atoms with E-state index in [2.05, 4.69) is 5.32 Å². The first-order chi connectivity index (χ1) is 16.0. The lowest BCUT2D eigenvalue weighted by molar-refractivity contribution is 0.0910. The lowest BCUT2D eigenvalue weighted by Gasteiger charge is -2.20. The lowest BCUT2D eigenvalue weighted by Crippen LogP contribution is -2.21. The molecule has 0 aliphatic rings. The lowest BCUT2D eigenvalue weighted by atomic mass is 10.1. The molecule has 33 heavy (non-hydrogen) atoms. The number of nitrogens with one attached hydrogen (secondary N) is 2. The number of carbonyl (C=O) groups excluding carboxylic acids is 1. The molecule has 0 aliphatic carbocycles. The molecule has 0 saturated heterocycles. The predicted octanol–water partition coefficient (Wildman–Crippen LogP) is 5.43. The van der Waals surface area contributed by atoms with Gasteiger partial charge in [-0.25, -0.2) is 4.79 Å². The maximum Gasteiger partial charge on any atom is 0.411 e. The molecular formula is C25H20N4O3S. The Balaban J connectivity index is 1.54. The van der Waals surface area contributed by atoms with Crippen molar-refractivity contribution in [1.29, 1.82) is 10.7 Å². The Hall–Kier alpha value is -4.35. The van der Waals surface area contributed by atoms with Gasteiger partial charge in [0.25, 0.3) is 0 Å². The molecule has 4 rings (SSSR count). The van der Waals surface area contributed by atoms with E-state index < -0.39 is 12.2 Å². The van der Waals surface area contributed by atoms with E-state index in [0.717, 1.165) is 15.6 Å². The fourth-order valence-corrected chi connectivity index (χ4v) is 4.22. The standard InChI is InChI=1S/C25H20N4O3S/c26-14-17-9-4-5-10-19(17)29-25(30)31-15-21(16-7-2-1-3-8-16)32-20-11-6-12-22-18(20)13-23(33-22)24(27)28/h1-13,21H,15H2,(H3,27,28)(H,29,30). The Labute approximate surface area is 194 Å². The summed E-state index contributed by atoms with van der Waals surface area (Å²) in [6, 6.07) is 25.6. The molecule has 164 valence electrons. The van der Waals surface area contributed by atoms with E-state index in [0.29, 0.717) is 21.9 Å². The highest BCUT2D eigenvalue weighted by Crippen LogP contribution is 2.35. The average molecular weight is 457 g/mol. The fourth-order valence-electron chi connectivity index (χ4n) is 3.28. The third kappa shape index (κ3) is 5.11. The number of para-hydroxylation sites is 1. The molecule has 0 fully saturated rings. The van der Waals surface area contributed by atoms with Gasteiger partial charge in [-0.15, -0.1) is 11.3 Å². The largest absolute Gasteiger partial charge is 0.481 e. The number of ether oxygens (including phenoxy) is 2. The Morgan fingerprint density at radius 3 is 2.61 bits per heavy atom. The Morgan fingerprint density at radius 1 is 1.09 bits per heavy atom. The zero-order valence-electron chi connectivity index (χ0n) is 17.4. The first kappa shape index (κ1) is 21.9. The molecule has 0 aliphatic heterocycles. The minimum atomic E-state index is -0.685. The van der Waals surface area contributed by atoms with Crippen molar-refractivity contribution in [2.45, 2.75) is 6.10 Å². The van der Waals surface area contributed by atoms with Gasteiger partial charge in [0.05, 0.1) is 16.1 Å². The molecule has 7 nitrogen and oxygen atoms in total. The van der Waals surface area contributed by atoms with Gasteiger partial charge in [0.1, 0.15) is 24.3 Å². The quantitative estimate of drug-likeness (QED) is 0.253. The number of hydrogen-bond acceptors (Lipinski definition) is 6. The number of thiophene rings is 1. The van der Waals surface area contributed by atoms with Gasteiger partial charge in [-0.3, -0.25) is 10.7 Å². The second-order valence-corrected chi connectivity index (χ2v) is 8.17. The molecule has 0 radical (unpaired) electrons. The van der Waals surface area contributed by atoms with Gasteiger partial charge >= 0.3 is 6.09 Å². The van der Waals surface area contributed by atoms with Crippen LogP contribution in [0.4, 0.5) is 10.5 Å². The molecule has 0 spiro atoms. The Kier molecular flexibility index (Phi) is 6.53. The molecule has 1 aromatic heterocycles. The number of fused-ring (bicyclic) bond motifs is 1. The Bertz CT molecular complexity index is 1340. The third-order valence-electron chi connectivity index (χ3n) is 4.88. The average Bonchev–Trinajstić information content (AvgIpc) is 3.28. The predicted molar refractivity (Wildman–Crippen MR) is 129 cm³/mol. The molecule has 1 heterocycles. The van der Waals surface area contributed by atoms with Gasteiger partial charge in [0.2, 0.25) is 0 Å². The topological polar surface area (TPSA) is 121 Å². The van der Waals surface area contributed by atoms with E-state index in [9.17, 15) is 10.1 Å². The van der Waals surface area contributed by atoms with Crippen molar-refractivity contribution < 1.29 is 14.3 Å². The van der Waals surface area contributed by atoms with Crippen LogP contribution in [0, 0.1) is 16.7 Å². The van der Waals surface area contributed by atoms with Gasteiger partial charge in [0.15, 0.2) is 6.10 Å². The summed E-state index contributed by atoms with van der Waals surface area (Å²) in [4.78, 5) is 13.1. The van der Waals surface area contributed by atoms with Crippen LogP contribution in [0.1, 0.15) is 22.1 Å². The summed E-state index contributed by atoms with van der Waals surface area (Å²) in [6.45, 7) is -0.0509. The van der Waals surface area contributed by atoms with Crippen LogP contribution in [-0.2, 0) is 4.74 Å². The summed E-state index contributed by atoms with van der Waals surface area (Å²) in [6.07, 6.45) is -1.26. The summed E-state index contributed by atoms with van der Waals surface area (Å²) in [5.74, 6) is 0.600. The van der Waals surface area contributed by atoms with E-state index in [4.69, 9.17) is 20.6 Å². The van der Waals surface area contributed by atoms with Crippen molar-refractivity contribution in [2.75, 3.05) is 11.9 Å². The highest BCUT2D eigenvalue weighted by molar-refractivity contribution is 7.20. The van der Waals surface area contributed by atoms with Crippen LogP contribution in [0.3, 0.4) is 0 Å². The summed E-state index contributed by atoms with van der Waals surface area (Å²) in [5.41, 5.74) is 7.21. The highest BCUT2D eigenvalue weighted by atomic mass is 32.1. The molecule has 4 N–H and O–H groups in total. The van der Waals surface area contributed by atoms with Gasteiger partial charge in [-0.1, -0.05) is 48.5 Å². The van der Waals surface area contributed by atoms with E-state index in [1.165, 1.54) is 11.3 Å². The van der Waals surface area contributed by atoms with Crippen LogP contribution < -0.4 is 15.8 Å². The van der Waals surface area contributed by atoms with Crippen LogP contribution in [0.5, 0.6) is 5.75 Å². The maximum absolute atomic E-state index is 12.4. The van der Waals surface area contributed by atoms with Crippen molar-refractivity contribution in [3.05, 3.63) is 94.9 Å². The first-order valence-corrected chi connectivity index (χ1v) is 10.9. The summed E-state index contributed by atoms with van der Waals surface area (Å²) in [7, 11) is 0. The number of amides is 1. The number of nitrogen functional groups attached to an aromatic ring is 1. The number of nitrogens with zero attached hydrogens (tertiary/aromatic N) is 1. The minimum absolute atomic E-state index is 0.000543. The normalized spacial score (nSPS) is 11.4.